The molecule has 4 aliphatic rings. The molecule has 15 heavy (non-hydrogen) atoms. The zero-order valence-corrected chi connectivity index (χ0v) is 11.1. The normalized spacial score (nSPS) is 64.7. The number of rotatable bonds is 0. The fraction of sp³-hybridized carbons (Fsp3) is 0.818. The number of halogens is 2. The van der Waals surface area contributed by atoms with Gasteiger partial charge in [-0.05, 0) is 30.1 Å². The number of Topliss-reactive ketones (excluding diaryl/α,β-unsaturated/α-hetero) is 2. The van der Waals surface area contributed by atoms with Crippen molar-refractivity contribution in [1.29, 1.82) is 0 Å². The maximum Gasteiger partial charge on any atom is 0.150 e. The lowest BCUT2D eigenvalue weighted by Crippen LogP contribution is -2.29. The Kier molecular flexibility index (Phi) is 1.61. The van der Waals surface area contributed by atoms with Crippen LogP contribution in [0.3, 0.4) is 0 Å². The Labute approximate surface area is 104 Å². The van der Waals surface area contributed by atoms with Gasteiger partial charge in [-0.2, -0.15) is 0 Å². The molecular weight excluding hydrogens is 324 g/mol. The van der Waals surface area contributed by atoms with Gasteiger partial charge < -0.3 is 0 Å². The summed E-state index contributed by atoms with van der Waals surface area (Å²) in [7, 11) is 0. The molecule has 2 bridgehead atoms. The summed E-state index contributed by atoms with van der Waals surface area (Å²) >= 11 is 7.09. The summed E-state index contributed by atoms with van der Waals surface area (Å²) in [5, 5.41) is 0. The lowest BCUT2D eigenvalue weighted by Gasteiger charge is -2.25. The smallest absolute Gasteiger partial charge is 0.150 e. The van der Waals surface area contributed by atoms with Crippen molar-refractivity contribution >= 4 is 43.4 Å². The number of hydrogen-bond donors (Lipinski definition) is 0. The molecule has 0 radical (unpaired) electrons. The Hall–Kier alpha value is 0.300. The highest BCUT2D eigenvalue weighted by Gasteiger charge is 2.74. The summed E-state index contributed by atoms with van der Waals surface area (Å²) in [5.74, 6) is 2.63. The molecule has 4 aliphatic carbocycles. The monoisotopic (exact) mass is 332 g/mol. The van der Waals surface area contributed by atoms with Crippen LogP contribution in [0, 0.1) is 35.5 Å². The first-order valence-corrected chi connectivity index (χ1v) is 7.31. The van der Waals surface area contributed by atoms with Gasteiger partial charge in [0.15, 0.2) is 11.6 Å². The highest BCUT2D eigenvalue weighted by atomic mass is 79.9. The van der Waals surface area contributed by atoms with Crippen LogP contribution in [0.15, 0.2) is 0 Å². The van der Waals surface area contributed by atoms with Gasteiger partial charge in [-0.25, -0.2) is 0 Å². The number of alkyl halides is 2. The van der Waals surface area contributed by atoms with Crippen molar-refractivity contribution in [3.63, 3.8) is 0 Å². The fourth-order valence-corrected chi connectivity index (χ4v) is 6.95. The minimum atomic E-state index is 0.0284. The van der Waals surface area contributed by atoms with Crippen LogP contribution in [0.5, 0.6) is 0 Å². The van der Waals surface area contributed by atoms with E-state index in [1.807, 2.05) is 0 Å². The molecule has 0 aromatic carbocycles. The van der Waals surface area contributed by atoms with Crippen molar-refractivity contribution in [2.45, 2.75) is 16.1 Å². The molecule has 80 valence electrons. The highest BCUT2D eigenvalue weighted by Crippen LogP contribution is 2.70. The van der Waals surface area contributed by atoms with Gasteiger partial charge in [0.2, 0.25) is 0 Å². The summed E-state index contributed by atoms with van der Waals surface area (Å²) in [6.07, 6.45) is 1.12. The Balaban J connectivity index is 1.93. The topological polar surface area (TPSA) is 34.1 Å². The van der Waals surface area contributed by atoms with Crippen molar-refractivity contribution in [2.24, 2.45) is 35.5 Å². The second-order valence-corrected chi connectivity index (χ2v) is 7.35. The van der Waals surface area contributed by atoms with Gasteiger partial charge in [0.1, 0.15) is 0 Å². The molecule has 8 atom stereocenters. The maximum absolute atomic E-state index is 12.1. The summed E-state index contributed by atoms with van der Waals surface area (Å²) < 4.78 is 0. The SMILES string of the molecule is O=C1[C@@H]2[C@H]3C[C@H]4[C@@H]2C(=O)[C@H](Br)[C@@H]4[C@H]3[C@H]1Br. The molecule has 0 amide bonds. The second-order valence-electron chi connectivity index (χ2n) is 5.38. The van der Waals surface area contributed by atoms with E-state index >= 15 is 0 Å². The fourth-order valence-electron chi connectivity index (χ4n) is 4.85. The molecule has 4 heteroatoms. The minimum Gasteiger partial charge on any atom is -0.298 e. The zero-order valence-electron chi connectivity index (χ0n) is 7.90. The van der Waals surface area contributed by atoms with Crippen LogP contribution in [0.25, 0.3) is 0 Å². The lowest BCUT2D eigenvalue weighted by atomic mass is 9.79. The van der Waals surface area contributed by atoms with E-state index in [1.165, 1.54) is 0 Å². The summed E-state index contributed by atoms with van der Waals surface area (Å²) in [4.78, 5) is 24.2. The van der Waals surface area contributed by atoms with Crippen LogP contribution in [0.1, 0.15) is 6.42 Å². The molecule has 4 saturated carbocycles. The van der Waals surface area contributed by atoms with E-state index in [2.05, 4.69) is 31.9 Å². The Morgan fingerprint density at radius 1 is 0.867 bits per heavy atom. The van der Waals surface area contributed by atoms with E-state index in [9.17, 15) is 9.59 Å². The van der Waals surface area contributed by atoms with Gasteiger partial charge in [-0.15, -0.1) is 0 Å². The van der Waals surface area contributed by atoms with Crippen molar-refractivity contribution in [1.82, 2.24) is 0 Å². The van der Waals surface area contributed by atoms with Crippen LogP contribution in [0.2, 0.25) is 0 Å². The van der Waals surface area contributed by atoms with Gasteiger partial charge in [0.05, 0.1) is 9.65 Å². The van der Waals surface area contributed by atoms with Crippen molar-refractivity contribution < 1.29 is 9.59 Å². The Bertz CT molecular complexity index is 358. The summed E-state index contributed by atoms with van der Waals surface area (Å²) in [5.41, 5.74) is 0. The second kappa shape index (κ2) is 2.58. The molecule has 0 unspecified atom stereocenters. The molecule has 0 N–H and O–H groups in total. The van der Waals surface area contributed by atoms with E-state index in [4.69, 9.17) is 0 Å². The van der Waals surface area contributed by atoms with Crippen molar-refractivity contribution in [2.75, 3.05) is 0 Å². The van der Waals surface area contributed by atoms with Crippen LogP contribution in [-0.4, -0.2) is 21.2 Å². The maximum atomic E-state index is 12.1. The largest absolute Gasteiger partial charge is 0.298 e. The predicted molar refractivity (Wildman–Crippen MR) is 61.0 cm³/mol. The van der Waals surface area contributed by atoms with Crippen LogP contribution in [-0.2, 0) is 9.59 Å². The summed E-state index contributed by atoms with van der Waals surface area (Å²) in [6.45, 7) is 0. The van der Waals surface area contributed by atoms with Crippen LogP contribution < -0.4 is 0 Å². The van der Waals surface area contributed by atoms with E-state index in [-0.39, 0.29) is 21.5 Å². The van der Waals surface area contributed by atoms with Crippen molar-refractivity contribution in [3.05, 3.63) is 0 Å². The van der Waals surface area contributed by atoms with Gasteiger partial charge in [-0.1, -0.05) is 31.9 Å². The van der Waals surface area contributed by atoms with E-state index in [1.54, 1.807) is 0 Å². The molecular formula is C11H10Br2O2. The Morgan fingerprint density at radius 2 is 1.27 bits per heavy atom. The molecule has 0 saturated heterocycles. The lowest BCUT2D eigenvalue weighted by molar-refractivity contribution is -0.128. The average Bonchev–Trinajstić information content (AvgIpc) is 2.85. The molecule has 0 heterocycles. The zero-order chi connectivity index (χ0) is 10.5. The van der Waals surface area contributed by atoms with Crippen LogP contribution in [0.4, 0.5) is 0 Å². The third-order valence-electron chi connectivity index (χ3n) is 5.16. The number of carbonyl (C=O) groups is 2. The molecule has 4 fully saturated rings. The standard InChI is InChI=1S/C11H10Br2O2/c12-8-4-2-1-3-5(4)9(13)11(15)7(3)6(2)10(8)14/h2-9H,1H2/t2-,3+,4-,5-,6+,7-,8+,9+/m0/s1. The summed E-state index contributed by atoms with van der Waals surface area (Å²) in [6, 6.07) is 0. The highest BCUT2D eigenvalue weighted by molar-refractivity contribution is 9.10. The first-order chi connectivity index (χ1) is 7.13. The Morgan fingerprint density at radius 3 is 1.67 bits per heavy atom. The number of hydrogen-bond acceptors (Lipinski definition) is 2. The van der Waals surface area contributed by atoms with E-state index in [0.29, 0.717) is 35.2 Å². The third kappa shape index (κ3) is 0.791. The molecule has 0 aliphatic heterocycles. The van der Waals surface area contributed by atoms with Crippen LogP contribution >= 0.6 is 31.9 Å². The molecule has 0 aromatic heterocycles. The molecule has 0 spiro atoms. The van der Waals surface area contributed by atoms with E-state index in [0.717, 1.165) is 6.42 Å². The predicted octanol–water partition coefficient (Wildman–Crippen LogP) is 1.79. The van der Waals surface area contributed by atoms with E-state index < -0.39 is 0 Å². The third-order valence-corrected chi connectivity index (χ3v) is 7.29. The van der Waals surface area contributed by atoms with Gasteiger partial charge in [0, 0.05) is 11.8 Å². The number of carbonyl (C=O) groups excluding carboxylic acids is 2. The quantitative estimate of drug-likeness (QED) is 0.633. The minimum absolute atomic E-state index is 0.0284. The number of fused-ring (bicyclic) bond motifs is 2. The van der Waals surface area contributed by atoms with Crippen molar-refractivity contribution in [3.8, 4) is 0 Å². The molecule has 2 nitrogen and oxygen atoms in total. The van der Waals surface area contributed by atoms with Gasteiger partial charge >= 0.3 is 0 Å². The molecule has 0 aromatic rings. The first kappa shape index (κ1) is 9.34. The average molecular weight is 334 g/mol. The molecule has 4 rings (SSSR count). The first-order valence-electron chi connectivity index (χ1n) is 5.48. The van der Waals surface area contributed by atoms with Gasteiger partial charge in [-0.3, -0.25) is 9.59 Å². The van der Waals surface area contributed by atoms with Gasteiger partial charge in [0.25, 0.3) is 0 Å². The number of ketones is 2.